The molecule has 0 unspecified atom stereocenters. The number of hydrogen-bond donors (Lipinski definition) is 1. The van der Waals surface area contributed by atoms with Gasteiger partial charge in [-0.3, -0.25) is 4.79 Å². The number of nitrogens with one attached hydrogen (secondary N) is 1. The summed E-state index contributed by atoms with van der Waals surface area (Å²) in [6, 6.07) is 7.50. The third-order valence-electron chi connectivity index (χ3n) is 4.62. The lowest BCUT2D eigenvalue weighted by Gasteiger charge is -2.28. The number of carbonyl (C=O) groups excluding carboxylic acids is 1. The molecule has 3 heterocycles. The van der Waals surface area contributed by atoms with Crippen LogP contribution in [0.5, 0.6) is 0 Å². The topological polar surface area (TPSA) is 67.4 Å². The first kappa shape index (κ1) is 18.2. The molecule has 0 aliphatic carbocycles. The molecule has 1 aromatic carbocycles. The molecule has 0 saturated carbocycles. The van der Waals surface area contributed by atoms with Gasteiger partial charge in [0.05, 0.1) is 23.5 Å². The molecule has 1 aliphatic rings. The molecule has 1 aliphatic heterocycles. The van der Waals surface area contributed by atoms with Gasteiger partial charge in [0.15, 0.2) is 0 Å². The normalized spacial score (nSPS) is 14.5. The molecule has 1 saturated heterocycles. The molecule has 0 spiro atoms. The molecular weight excluding hydrogens is 384 g/mol. The maximum atomic E-state index is 12.8. The number of aryl methyl sites for hydroxylation is 1. The first-order valence-electron chi connectivity index (χ1n) is 8.73. The Morgan fingerprint density at radius 3 is 2.85 bits per heavy atom. The molecule has 1 N–H and O–H groups in total. The molecular formula is C19H19ClN4O2S. The van der Waals surface area contributed by atoms with Crippen LogP contribution >= 0.6 is 22.9 Å². The van der Waals surface area contributed by atoms with E-state index < -0.39 is 0 Å². The van der Waals surface area contributed by atoms with Gasteiger partial charge < -0.3 is 15.0 Å². The number of ether oxygens (including phenoxy) is 1. The van der Waals surface area contributed by atoms with Crippen molar-refractivity contribution in [3.63, 3.8) is 0 Å². The molecule has 3 aromatic rings. The molecule has 8 heteroatoms. The third-order valence-corrected chi connectivity index (χ3v) is 6.19. The van der Waals surface area contributed by atoms with Gasteiger partial charge in [-0.2, -0.15) is 0 Å². The summed E-state index contributed by atoms with van der Waals surface area (Å²) >= 11 is 7.57. The summed E-state index contributed by atoms with van der Waals surface area (Å²) in [5.41, 5.74) is 1.80. The Morgan fingerprint density at radius 2 is 2.07 bits per heavy atom. The van der Waals surface area contributed by atoms with Gasteiger partial charge in [-0.25, -0.2) is 9.97 Å². The number of nitrogens with zero attached hydrogens (tertiary/aromatic N) is 3. The number of benzene rings is 1. The number of aromatic nitrogens is 2. The molecule has 4 rings (SSSR count). The van der Waals surface area contributed by atoms with E-state index in [0.29, 0.717) is 29.7 Å². The van der Waals surface area contributed by atoms with Crippen LogP contribution in [0.3, 0.4) is 0 Å². The standard InChI is InChI=1S/C19H19ClN4O2S/c1-12-15-17(24-6-8-26-9-7-24)22-11-23-19(15)27-16(12)18(25)21-10-13-4-2-3-5-14(13)20/h2-5,11H,6-10H2,1H3,(H,21,25). The summed E-state index contributed by atoms with van der Waals surface area (Å²) in [5.74, 6) is 0.755. The van der Waals surface area contributed by atoms with Crippen molar-refractivity contribution >= 4 is 44.9 Å². The van der Waals surface area contributed by atoms with Crippen LogP contribution in [0.2, 0.25) is 5.02 Å². The van der Waals surface area contributed by atoms with Gasteiger partial charge in [0, 0.05) is 24.7 Å². The zero-order valence-corrected chi connectivity index (χ0v) is 16.4. The van der Waals surface area contributed by atoms with Gasteiger partial charge in [0.2, 0.25) is 0 Å². The van der Waals surface area contributed by atoms with Crippen molar-refractivity contribution in [2.45, 2.75) is 13.5 Å². The molecule has 140 valence electrons. The number of rotatable bonds is 4. The van der Waals surface area contributed by atoms with Crippen molar-refractivity contribution in [3.8, 4) is 0 Å². The van der Waals surface area contributed by atoms with Crippen molar-refractivity contribution < 1.29 is 9.53 Å². The smallest absolute Gasteiger partial charge is 0.261 e. The summed E-state index contributed by atoms with van der Waals surface area (Å²) in [6.07, 6.45) is 1.56. The molecule has 0 radical (unpaired) electrons. The average molecular weight is 403 g/mol. The van der Waals surface area contributed by atoms with Crippen LogP contribution in [-0.2, 0) is 11.3 Å². The molecule has 27 heavy (non-hydrogen) atoms. The zero-order valence-electron chi connectivity index (χ0n) is 14.9. The molecule has 1 amide bonds. The van der Waals surface area contributed by atoms with Gasteiger partial charge in [-0.1, -0.05) is 29.8 Å². The molecule has 2 aromatic heterocycles. The minimum Gasteiger partial charge on any atom is -0.378 e. The SMILES string of the molecule is Cc1c(C(=O)NCc2ccccc2Cl)sc2ncnc(N3CCOCC3)c12. The van der Waals surface area contributed by atoms with Gasteiger partial charge in [-0.15, -0.1) is 11.3 Å². The predicted molar refractivity (Wildman–Crippen MR) is 108 cm³/mol. The van der Waals surface area contributed by atoms with E-state index in [1.807, 2.05) is 31.2 Å². The largest absolute Gasteiger partial charge is 0.378 e. The van der Waals surface area contributed by atoms with E-state index in [1.54, 1.807) is 6.33 Å². The lowest BCUT2D eigenvalue weighted by atomic mass is 10.1. The summed E-state index contributed by atoms with van der Waals surface area (Å²) in [6.45, 7) is 5.27. The Kier molecular flexibility index (Phi) is 5.24. The minimum atomic E-state index is -0.122. The molecule has 0 atom stereocenters. The van der Waals surface area contributed by atoms with Gasteiger partial charge in [0.1, 0.15) is 17.0 Å². The summed E-state index contributed by atoms with van der Waals surface area (Å²) in [5, 5.41) is 4.56. The lowest BCUT2D eigenvalue weighted by Crippen LogP contribution is -2.36. The van der Waals surface area contributed by atoms with Crippen LogP contribution in [-0.4, -0.2) is 42.2 Å². The highest BCUT2D eigenvalue weighted by Crippen LogP contribution is 2.35. The first-order valence-corrected chi connectivity index (χ1v) is 9.93. The Hall–Kier alpha value is -2.22. The highest BCUT2D eigenvalue weighted by Gasteiger charge is 2.22. The van der Waals surface area contributed by atoms with Crippen LogP contribution < -0.4 is 10.2 Å². The number of morpholine rings is 1. The predicted octanol–water partition coefficient (Wildman–Crippen LogP) is 3.42. The first-order chi connectivity index (χ1) is 13.1. The van der Waals surface area contributed by atoms with Gasteiger partial charge >= 0.3 is 0 Å². The molecule has 0 bridgehead atoms. The second kappa shape index (κ2) is 7.80. The molecule has 1 fully saturated rings. The fraction of sp³-hybridized carbons (Fsp3) is 0.316. The maximum absolute atomic E-state index is 12.8. The highest BCUT2D eigenvalue weighted by atomic mass is 35.5. The lowest BCUT2D eigenvalue weighted by molar-refractivity contribution is 0.0954. The van der Waals surface area contributed by atoms with E-state index in [0.717, 1.165) is 40.3 Å². The summed E-state index contributed by atoms with van der Waals surface area (Å²) < 4.78 is 5.43. The average Bonchev–Trinajstić information content (AvgIpc) is 3.05. The van der Waals surface area contributed by atoms with Crippen molar-refractivity contribution in [1.82, 2.24) is 15.3 Å². The maximum Gasteiger partial charge on any atom is 0.261 e. The third kappa shape index (κ3) is 3.63. The van der Waals surface area contributed by atoms with Crippen molar-refractivity contribution in [3.05, 3.63) is 51.6 Å². The number of hydrogen-bond acceptors (Lipinski definition) is 6. The van der Waals surface area contributed by atoms with Crippen molar-refractivity contribution in [2.75, 3.05) is 31.2 Å². The second-order valence-electron chi connectivity index (χ2n) is 6.31. The van der Waals surface area contributed by atoms with E-state index in [-0.39, 0.29) is 5.91 Å². The number of carbonyl (C=O) groups is 1. The van der Waals surface area contributed by atoms with Crippen LogP contribution in [0, 0.1) is 6.92 Å². The number of fused-ring (bicyclic) bond motifs is 1. The van der Waals surface area contributed by atoms with Crippen LogP contribution in [0.25, 0.3) is 10.2 Å². The minimum absolute atomic E-state index is 0.122. The summed E-state index contributed by atoms with van der Waals surface area (Å²) in [7, 11) is 0. The van der Waals surface area contributed by atoms with Gasteiger partial charge in [0.25, 0.3) is 5.91 Å². The van der Waals surface area contributed by atoms with Crippen molar-refractivity contribution in [2.24, 2.45) is 0 Å². The Labute approximate surface area is 166 Å². The van der Waals surface area contributed by atoms with E-state index in [4.69, 9.17) is 16.3 Å². The van der Waals surface area contributed by atoms with E-state index in [9.17, 15) is 4.79 Å². The van der Waals surface area contributed by atoms with Crippen LogP contribution in [0.15, 0.2) is 30.6 Å². The van der Waals surface area contributed by atoms with E-state index in [1.165, 1.54) is 11.3 Å². The second-order valence-corrected chi connectivity index (χ2v) is 7.71. The monoisotopic (exact) mass is 402 g/mol. The van der Waals surface area contributed by atoms with Crippen LogP contribution in [0.4, 0.5) is 5.82 Å². The Morgan fingerprint density at radius 1 is 1.30 bits per heavy atom. The number of halogens is 1. The number of amides is 1. The summed E-state index contributed by atoms with van der Waals surface area (Å²) in [4.78, 5) is 25.3. The van der Waals surface area contributed by atoms with Crippen LogP contribution in [0.1, 0.15) is 20.8 Å². The van der Waals surface area contributed by atoms with E-state index in [2.05, 4.69) is 20.2 Å². The highest BCUT2D eigenvalue weighted by molar-refractivity contribution is 7.20. The zero-order chi connectivity index (χ0) is 18.8. The van der Waals surface area contributed by atoms with Gasteiger partial charge in [-0.05, 0) is 24.1 Å². The Bertz CT molecular complexity index is 985. The number of thiophene rings is 1. The molecule has 6 nitrogen and oxygen atoms in total. The van der Waals surface area contributed by atoms with Crippen molar-refractivity contribution in [1.29, 1.82) is 0 Å². The van der Waals surface area contributed by atoms with E-state index >= 15 is 0 Å². The Balaban J connectivity index is 1.61. The number of anilines is 1. The fourth-order valence-corrected chi connectivity index (χ4v) is 4.44. The quantitative estimate of drug-likeness (QED) is 0.724. The fourth-order valence-electron chi connectivity index (χ4n) is 3.18.